The number of rotatable bonds is 8. The van der Waals surface area contributed by atoms with E-state index in [0.717, 1.165) is 36.4 Å². The van der Waals surface area contributed by atoms with Crippen LogP contribution in [-0.2, 0) is 15.0 Å². The van der Waals surface area contributed by atoms with Crippen LogP contribution in [0, 0.1) is 0 Å². The van der Waals surface area contributed by atoms with Crippen molar-refractivity contribution in [2.45, 2.75) is 17.8 Å². The molecule has 0 atom stereocenters. The highest BCUT2D eigenvalue weighted by Gasteiger charge is 2.75. The maximum absolute atomic E-state index is 16.1. The molecule has 0 spiro atoms. The van der Waals surface area contributed by atoms with Crippen LogP contribution in [0.25, 0.3) is 0 Å². The van der Waals surface area contributed by atoms with Crippen LogP contribution in [0.3, 0.4) is 0 Å². The molecule has 53 heavy (non-hydrogen) atoms. The molecule has 0 fully saturated rings. The molecule has 0 aliphatic carbocycles. The van der Waals surface area contributed by atoms with Crippen LogP contribution in [0.2, 0.25) is 0 Å². The number of carbonyl (C=O) groups excluding carboxylic acids is 6. The smallest absolute Gasteiger partial charge is 0.411 e. The first-order valence-corrected chi connectivity index (χ1v) is 15.1. The van der Waals surface area contributed by atoms with Gasteiger partial charge in [0.2, 0.25) is 5.41 Å². The third kappa shape index (κ3) is 5.37. The summed E-state index contributed by atoms with van der Waals surface area (Å²) in [5.74, 6) is -10.5. The van der Waals surface area contributed by atoms with Gasteiger partial charge in [-0.3, -0.25) is 19.2 Å². The van der Waals surface area contributed by atoms with Crippen molar-refractivity contribution in [3.63, 3.8) is 0 Å². The van der Waals surface area contributed by atoms with Crippen LogP contribution in [0.1, 0.15) is 52.6 Å². The summed E-state index contributed by atoms with van der Waals surface area (Å²) in [6, 6.07) is 12.9. The third-order valence-electron chi connectivity index (χ3n) is 8.45. The predicted octanol–water partition coefficient (Wildman–Crippen LogP) is 6.88. The van der Waals surface area contributed by atoms with E-state index >= 15 is 26.3 Å². The molecule has 0 saturated heterocycles. The lowest BCUT2D eigenvalue weighted by Crippen LogP contribution is -2.56. The standard InChI is InChI=1S/C37H20F6N2O8/c1-3-27(46)52-25-17-9-15-23(29(25)44-31(48)19-11-5-6-12-20(19)32(44)49)35(36(38,39)40,37(41,42)43)24-16-10-18-26(53-28(47)4-2)30(24)45-33(50)21-13-7-8-14-22(21)34(45)51/h3-18H,1-2H2. The largest absolute Gasteiger partial charge is 0.421 e. The zero-order chi connectivity index (χ0) is 38.6. The third-order valence-corrected chi connectivity index (χ3v) is 8.45. The minimum absolute atomic E-state index is 0.00120. The summed E-state index contributed by atoms with van der Waals surface area (Å²) < 4.78 is 107. The Labute approximate surface area is 294 Å². The number of alkyl halides is 6. The van der Waals surface area contributed by atoms with Crippen LogP contribution in [0.15, 0.2) is 110 Å². The van der Waals surface area contributed by atoms with Crippen molar-refractivity contribution >= 4 is 46.9 Å². The maximum atomic E-state index is 16.1. The van der Waals surface area contributed by atoms with Crippen molar-refractivity contribution in [2.24, 2.45) is 0 Å². The summed E-state index contributed by atoms with van der Waals surface area (Å²) >= 11 is 0. The molecule has 2 aliphatic heterocycles. The summed E-state index contributed by atoms with van der Waals surface area (Å²) in [6.07, 6.45) is -12.0. The Morgan fingerprint density at radius 1 is 0.509 bits per heavy atom. The first-order chi connectivity index (χ1) is 25.0. The number of hydrogen-bond donors (Lipinski definition) is 0. The van der Waals surface area contributed by atoms with Crippen molar-refractivity contribution < 1.29 is 64.6 Å². The Morgan fingerprint density at radius 2 is 0.811 bits per heavy atom. The highest BCUT2D eigenvalue weighted by atomic mass is 19.4. The second-order valence-corrected chi connectivity index (χ2v) is 11.3. The second kappa shape index (κ2) is 12.7. The van der Waals surface area contributed by atoms with Crippen LogP contribution < -0.4 is 19.3 Å². The Kier molecular flexibility index (Phi) is 8.64. The van der Waals surface area contributed by atoms with Gasteiger partial charge in [0.1, 0.15) is 0 Å². The number of anilines is 2. The highest BCUT2D eigenvalue weighted by Crippen LogP contribution is 2.62. The monoisotopic (exact) mass is 734 g/mol. The average Bonchev–Trinajstić information content (AvgIpc) is 3.51. The van der Waals surface area contributed by atoms with E-state index < -0.39 is 110 Å². The van der Waals surface area contributed by atoms with E-state index in [1.165, 1.54) is 24.3 Å². The molecule has 10 nitrogen and oxygen atoms in total. The SMILES string of the molecule is C=CC(=O)Oc1cccc(C(c2cccc(OC(=O)C=C)c2N2C(=O)c3ccccc3C2=O)(C(F)(F)F)C(F)(F)F)c1N1C(=O)c2ccccc2C1=O. The fourth-order valence-corrected chi connectivity index (χ4v) is 6.28. The van der Waals surface area contributed by atoms with E-state index in [4.69, 9.17) is 9.47 Å². The van der Waals surface area contributed by atoms with E-state index in [0.29, 0.717) is 36.4 Å². The van der Waals surface area contributed by atoms with Gasteiger partial charge in [0.25, 0.3) is 23.6 Å². The molecular formula is C37H20F6N2O8. The highest BCUT2D eigenvalue weighted by molar-refractivity contribution is 6.36. The molecule has 2 heterocycles. The fourth-order valence-electron chi connectivity index (χ4n) is 6.28. The van der Waals surface area contributed by atoms with Crippen molar-refractivity contribution in [1.82, 2.24) is 0 Å². The number of carbonyl (C=O) groups is 6. The normalized spacial score (nSPS) is 14.2. The van der Waals surface area contributed by atoms with E-state index in [9.17, 15) is 28.8 Å². The lowest BCUT2D eigenvalue weighted by Gasteiger charge is -2.41. The Balaban J connectivity index is 1.79. The molecule has 0 bridgehead atoms. The number of hydrogen-bond acceptors (Lipinski definition) is 8. The fraction of sp³-hybridized carbons (Fsp3) is 0.0811. The molecule has 6 rings (SSSR count). The number of halogens is 6. The van der Waals surface area contributed by atoms with Gasteiger partial charge in [0, 0.05) is 23.3 Å². The average molecular weight is 735 g/mol. The van der Waals surface area contributed by atoms with Crippen molar-refractivity contribution in [1.29, 1.82) is 0 Å². The van der Waals surface area contributed by atoms with Crippen LogP contribution in [-0.4, -0.2) is 47.9 Å². The van der Waals surface area contributed by atoms with Crippen LogP contribution >= 0.6 is 0 Å². The number of nitrogens with zero attached hydrogens (tertiary/aromatic N) is 2. The van der Waals surface area contributed by atoms with Gasteiger partial charge in [0.15, 0.2) is 11.5 Å². The van der Waals surface area contributed by atoms with Crippen molar-refractivity contribution in [2.75, 3.05) is 9.80 Å². The summed E-state index contributed by atoms with van der Waals surface area (Å²) in [7, 11) is 0. The van der Waals surface area contributed by atoms with E-state index in [-0.39, 0.29) is 9.80 Å². The molecular weight excluding hydrogens is 714 g/mol. The number of para-hydroxylation sites is 2. The minimum atomic E-state index is -6.53. The number of ether oxygens (including phenoxy) is 2. The van der Waals surface area contributed by atoms with E-state index in [1.807, 2.05) is 0 Å². The first kappa shape index (κ1) is 36.0. The number of esters is 2. The van der Waals surface area contributed by atoms with E-state index in [2.05, 4.69) is 13.2 Å². The Morgan fingerprint density at radius 3 is 1.08 bits per heavy atom. The van der Waals surface area contributed by atoms with Crippen LogP contribution in [0.5, 0.6) is 11.5 Å². The molecule has 0 N–H and O–H groups in total. The number of imide groups is 2. The zero-order valence-electron chi connectivity index (χ0n) is 26.6. The topological polar surface area (TPSA) is 127 Å². The summed E-state index contributed by atoms with van der Waals surface area (Å²) in [5.41, 5.74) is -13.7. The molecule has 16 heteroatoms. The zero-order valence-corrected chi connectivity index (χ0v) is 26.6. The lowest BCUT2D eigenvalue weighted by molar-refractivity contribution is -0.288. The quantitative estimate of drug-likeness (QED) is 0.0631. The van der Waals surface area contributed by atoms with Crippen molar-refractivity contribution in [3.8, 4) is 11.5 Å². The number of amides is 4. The number of benzene rings is 4. The minimum Gasteiger partial charge on any atom is -0.421 e. The molecule has 0 radical (unpaired) electrons. The summed E-state index contributed by atoms with van der Waals surface area (Å²) in [6.45, 7) is 6.34. The predicted molar refractivity (Wildman–Crippen MR) is 173 cm³/mol. The summed E-state index contributed by atoms with van der Waals surface area (Å²) in [5, 5.41) is 0. The van der Waals surface area contributed by atoms with Gasteiger partial charge in [-0.15, -0.1) is 0 Å². The van der Waals surface area contributed by atoms with Crippen molar-refractivity contribution in [3.05, 3.63) is 144 Å². The molecule has 4 aromatic carbocycles. The van der Waals surface area contributed by atoms with Gasteiger partial charge in [-0.1, -0.05) is 61.7 Å². The molecule has 4 aromatic rings. The van der Waals surface area contributed by atoms with Gasteiger partial charge in [-0.25, -0.2) is 19.4 Å². The Hall–Kier alpha value is -6.84. The molecule has 268 valence electrons. The van der Waals surface area contributed by atoms with Gasteiger partial charge in [-0.2, -0.15) is 26.3 Å². The van der Waals surface area contributed by atoms with Gasteiger partial charge < -0.3 is 9.47 Å². The van der Waals surface area contributed by atoms with Gasteiger partial charge in [-0.05, 0) is 36.4 Å². The summed E-state index contributed by atoms with van der Waals surface area (Å²) in [4.78, 5) is 79.8. The van der Waals surface area contributed by atoms with Crippen LogP contribution in [0.4, 0.5) is 37.7 Å². The molecule has 4 amide bonds. The Bertz CT molecular complexity index is 2080. The van der Waals surface area contributed by atoms with E-state index in [1.54, 1.807) is 0 Å². The lowest BCUT2D eigenvalue weighted by atomic mass is 9.70. The second-order valence-electron chi connectivity index (χ2n) is 11.3. The molecule has 0 unspecified atom stereocenters. The molecule has 0 aromatic heterocycles. The first-order valence-electron chi connectivity index (χ1n) is 15.1. The molecule has 0 saturated carbocycles. The maximum Gasteiger partial charge on any atom is 0.411 e. The molecule has 2 aliphatic rings. The van der Waals surface area contributed by atoms with Gasteiger partial charge >= 0.3 is 24.3 Å². The van der Waals surface area contributed by atoms with Gasteiger partial charge in [0.05, 0.1) is 33.6 Å². The number of fused-ring (bicyclic) bond motifs is 2.